The smallest absolute Gasteiger partial charge is 0.335 e. The van der Waals surface area contributed by atoms with E-state index in [1.54, 1.807) is 13.0 Å². The minimum absolute atomic E-state index is 0.196. The van der Waals surface area contributed by atoms with E-state index in [1.807, 2.05) is 6.92 Å². The van der Waals surface area contributed by atoms with Gasteiger partial charge in [-0.25, -0.2) is 4.79 Å². The van der Waals surface area contributed by atoms with Crippen LogP contribution in [0, 0.1) is 0 Å². The summed E-state index contributed by atoms with van der Waals surface area (Å²) in [5.74, 6) is -0.482. The minimum atomic E-state index is -1.97. The SMILES string of the molecule is CC(=CCC(O)CO)C(=O)OC([SiH3])(O[Si](C)(C)C)C(C)O[Si](C)(C)C. The molecule has 25 heavy (non-hydrogen) atoms. The highest BCUT2D eigenvalue weighted by Crippen LogP contribution is 2.26. The molecule has 0 aliphatic rings. The van der Waals surface area contributed by atoms with Crippen LogP contribution >= 0.6 is 0 Å². The highest BCUT2D eigenvalue weighted by Gasteiger charge is 2.42. The van der Waals surface area contributed by atoms with Gasteiger partial charge in [-0.1, -0.05) is 6.08 Å². The van der Waals surface area contributed by atoms with E-state index in [4.69, 9.17) is 18.7 Å². The van der Waals surface area contributed by atoms with Gasteiger partial charge in [-0.05, 0) is 59.6 Å². The lowest BCUT2D eigenvalue weighted by Crippen LogP contribution is -2.56. The molecule has 6 nitrogen and oxygen atoms in total. The average Bonchev–Trinajstić information content (AvgIpc) is 2.40. The third-order valence-electron chi connectivity index (χ3n) is 3.30. The second kappa shape index (κ2) is 9.58. The Hall–Kier alpha value is -0.299. The number of aliphatic hydroxyl groups is 2. The van der Waals surface area contributed by atoms with Gasteiger partial charge in [-0.3, -0.25) is 0 Å². The Bertz CT molecular complexity index is 469. The van der Waals surface area contributed by atoms with Crippen molar-refractivity contribution in [2.45, 2.75) is 77.2 Å². The molecule has 0 bridgehead atoms. The summed E-state index contributed by atoms with van der Waals surface area (Å²) in [5, 5.41) is 18.3. The zero-order chi connectivity index (χ0) is 20.1. The van der Waals surface area contributed by atoms with E-state index < -0.39 is 34.1 Å². The molecule has 0 saturated carbocycles. The number of aliphatic hydroxyl groups excluding tert-OH is 2. The molecule has 9 heteroatoms. The van der Waals surface area contributed by atoms with Crippen molar-refractivity contribution in [3.05, 3.63) is 11.6 Å². The lowest BCUT2D eigenvalue weighted by atomic mass is 10.2. The van der Waals surface area contributed by atoms with Gasteiger partial charge in [0.05, 0.1) is 23.0 Å². The van der Waals surface area contributed by atoms with E-state index >= 15 is 0 Å². The molecule has 0 saturated heterocycles. The van der Waals surface area contributed by atoms with Crippen molar-refractivity contribution in [3.63, 3.8) is 0 Å². The molecule has 0 fully saturated rings. The first-order chi connectivity index (χ1) is 11.1. The minimum Gasteiger partial charge on any atom is -0.433 e. The fourth-order valence-corrected chi connectivity index (χ4v) is 7.24. The van der Waals surface area contributed by atoms with E-state index in [1.165, 1.54) is 0 Å². The molecule has 2 N–H and O–H groups in total. The van der Waals surface area contributed by atoms with Gasteiger partial charge in [-0.15, -0.1) is 0 Å². The van der Waals surface area contributed by atoms with Gasteiger partial charge in [0.1, 0.15) is 6.10 Å². The van der Waals surface area contributed by atoms with Gasteiger partial charge in [0, 0.05) is 5.57 Å². The standard InChI is InChI=1S/C16H36O6Si3/c1-12(9-10-14(18)11-17)15(19)20-16(23,22-25(6,7)8)13(2)21-24(3,4)5/h9,13-14,17-18H,10-11H2,1-8,23H3. The molecular formula is C16H36O6Si3. The van der Waals surface area contributed by atoms with Crippen LogP contribution in [0.5, 0.6) is 0 Å². The second-order valence-corrected chi connectivity index (χ2v) is 18.7. The van der Waals surface area contributed by atoms with Crippen molar-refractivity contribution in [2.75, 3.05) is 6.61 Å². The van der Waals surface area contributed by atoms with Crippen LogP contribution in [0.3, 0.4) is 0 Å². The van der Waals surface area contributed by atoms with E-state index in [0.29, 0.717) is 15.8 Å². The number of ether oxygens (including phenoxy) is 1. The topological polar surface area (TPSA) is 85.2 Å². The molecule has 0 aromatic heterocycles. The van der Waals surface area contributed by atoms with Gasteiger partial charge in [0.25, 0.3) is 0 Å². The first kappa shape index (κ1) is 24.7. The Balaban J connectivity index is 5.32. The zero-order valence-corrected chi connectivity index (χ0v) is 21.2. The van der Waals surface area contributed by atoms with Crippen molar-refractivity contribution in [3.8, 4) is 0 Å². The molecule has 0 aliphatic heterocycles. The number of carbonyl (C=O) groups is 1. The molecule has 0 spiro atoms. The van der Waals surface area contributed by atoms with Crippen LogP contribution in [0.2, 0.25) is 39.3 Å². The Labute approximate surface area is 157 Å². The highest BCUT2D eigenvalue weighted by atomic mass is 28.4. The fourth-order valence-electron chi connectivity index (χ4n) is 2.17. The third kappa shape index (κ3) is 10.4. The Kier molecular flexibility index (Phi) is 9.47. The molecule has 0 aromatic rings. The van der Waals surface area contributed by atoms with E-state index in [2.05, 4.69) is 39.3 Å². The average molecular weight is 409 g/mol. The van der Waals surface area contributed by atoms with Crippen LogP contribution in [0.1, 0.15) is 20.3 Å². The number of hydrogen-bond donors (Lipinski definition) is 2. The molecule has 3 unspecified atom stereocenters. The first-order valence-corrected chi connectivity index (χ1v) is 16.5. The molecule has 0 radical (unpaired) electrons. The number of rotatable bonds is 10. The molecular weight excluding hydrogens is 372 g/mol. The van der Waals surface area contributed by atoms with Crippen molar-refractivity contribution >= 4 is 32.8 Å². The van der Waals surface area contributed by atoms with E-state index in [9.17, 15) is 9.90 Å². The number of hydrogen-bond acceptors (Lipinski definition) is 6. The summed E-state index contributed by atoms with van der Waals surface area (Å²) in [7, 11) is -3.33. The molecule has 0 aliphatic carbocycles. The van der Waals surface area contributed by atoms with Crippen molar-refractivity contribution < 1.29 is 28.6 Å². The zero-order valence-electron chi connectivity index (χ0n) is 17.2. The maximum atomic E-state index is 12.5. The summed E-state index contributed by atoms with van der Waals surface area (Å²) in [5.41, 5.74) is -0.667. The fraction of sp³-hybridized carbons (Fsp3) is 0.812. The molecule has 0 aromatic carbocycles. The lowest BCUT2D eigenvalue weighted by Gasteiger charge is -2.42. The summed E-state index contributed by atoms with van der Waals surface area (Å²) in [6.07, 6.45) is 0.541. The summed E-state index contributed by atoms with van der Waals surface area (Å²) < 4.78 is 18.2. The second-order valence-electron chi connectivity index (χ2n) is 8.45. The summed E-state index contributed by atoms with van der Waals surface area (Å²) in [6, 6.07) is 0. The van der Waals surface area contributed by atoms with Crippen LogP contribution in [0.4, 0.5) is 0 Å². The molecule has 0 heterocycles. The predicted molar refractivity (Wildman–Crippen MR) is 109 cm³/mol. The first-order valence-electron chi connectivity index (χ1n) is 8.66. The van der Waals surface area contributed by atoms with E-state index in [0.717, 1.165) is 0 Å². The molecule has 148 valence electrons. The summed E-state index contributed by atoms with van der Waals surface area (Å²) in [6.45, 7) is 15.6. The highest BCUT2D eigenvalue weighted by molar-refractivity contribution is 6.70. The van der Waals surface area contributed by atoms with Gasteiger partial charge < -0.3 is 23.8 Å². The largest absolute Gasteiger partial charge is 0.433 e. The number of esters is 1. The van der Waals surface area contributed by atoms with Crippen LogP contribution in [-0.2, 0) is 18.4 Å². The lowest BCUT2D eigenvalue weighted by molar-refractivity contribution is -0.189. The summed E-state index contributed by atoms with van der Waals surface area (Å²) >= 11 is 0. The maximum Gasteiger partial charge on any atom is 0.335 e. The van der Waals surface area contributed by atoms with Crippen LogP contribution < -0.4 is 0 Å². The quantitative estimate of drug-likeness (QED) is 0.245. The Morgan fingerprint density at radius 1 is 1.20 bits per heavy atom. The Morgan fingerprint density at radius 3 is 2.12 bits per heavy atom. The van der Waals surface area contributed by atoms with Crippen molar-refractivity contribution in [1.82, 2.24) is 0 Å². The normalized spacial score (nSPS) is 18.6. The molecule has 0 rings (SSSR count). The monoisotopic (exact) mass is 408 g/mol. The Morgan fingerprint density at radius 2 is 1.72 bits per heavy atom. The summed E-state index contributed by atoms with van der Waals surface area (Å²) in [4.78, 5) is 12.5. The van der Waals surface area contributed by atoms with Crippen molar-refractivity contribution in [1.29, 1.82) is 0 Å². The van der Waals surface area contributed by atoms with Crippen LogP contribution in [0.25, 0.3) is 0 Å². The van der Waals surface area contributed by atoms with Crippen LogP contribution in [-0.4, -0.2) is 67.3 Å². The van der Waals surface area contributed by atoms with Gasteiger partial charge in [0.15, 0.2) is 22.0 Å². The number of carbonyl (C=O) groups excluding carboxylic acids is 1. The molecule has 3 atom stereocenters. The third-order valence-corrected chi connectivity index (χ3v) is 7.01. The van der Waals surface area contributed by atoms with Gasteiger partial charge in [0.2, 0.25) is 0 Å². The molecule has 0 amide bonds. The van der Waals surface area contributed by atoms with Crippen molar-refractivity contribution in [2.24, 2.45) is 0 Å². The van der Waals surface area contributed by atoms with Gasteiger partial charge >= 0.3 is 5.97 Å². The van der Waals surface area contributed by atoms with Crippen LogP contribution in [0.15, 0.2) is 11.6 Å². The maximum absolute atomic E-state index is 12.5. The van der Waals surface area contributed by atoms with E-state index in [-0.39, 0.29) is 19.1 Å². The predicted octanol–water partition coefficient (Wildman–Crippen LogP) is 1.33. The van der Waals surface area contributed by atoms with Gasteiger partial charge in [-0.2, -0.15) is 0 Å².